The molecule has 388 valence electrons. The number of anilines is 2. The number of thiophene rings is 3. The van der Waals surface area contributed by atoms with Gasteiger partial charge in [0.05, 0.1) is 62.3 Å². The number of hydrogen-bond acceptors (Lipinski definition) is 19. The van der Waals surface area contributed by atoms with E-state index in [1.54, 1.807) is 28.8 Å². The molecule has 1 aliphatic heterocycles. The number of nitrogens with one attached hydrogen (secondary N) is 1. The first-order valence-electron chi connectivity index (χ1n) is 21.0. The van der Waals surface area contributed by atoms with Gasteiger partial charge in [-0.1, -0.05) is 18.2 Å². The van der Waals surface area contributed by atoms with E-state index in [0.717, 1.165) is 38.3 Å². The largest absolute Gasteiger partial charge is 0.497 e. The van der Waals surface area contributed by atoms with Gasteiger partial charge >= 0.3 is 17.1 Å². The molecule has 6 aromatic heterocycles. The Kier molecular flexibility index (Phi) is 20.6. The van der Waals surface area contributed by atoms with Crippen molar-refractivity contribution in [2.75, 3.05) is 38.9 Å². The standard InChI is InChI=1S/C16H14FN3O4S2.C11H10FN3O4S.C9H8FN3OS.C5H6OS.C4H8O/c1-24-11-4-6-13(7-5-11)26(22,23)20-10-14(17)15(18)19(16(20)21)9-12-3-2-8-25-12;1-19-7-2-4-8(5-3-7)20(17,18)15-6-9(12)10(13)14-11(15)16;10-7-4-12-9(14)13(8(7)11)5-6-2-1-3-15-6;6-4-5-2-1-3-7-5;1-2-4-5-3-1/h2-8,10,18H,9H2,1H3;2-6H,1H3,(H2,13,14,16);1-4H,5,11H2;1-3,6H,4H2;1-4H2. The Morgan fingerprint density at radius 3 is 1.56 bits per heavy atom. The number of halogens is 3. The van der Waals surface area contributed by atoms with Crippen molar-refractivity contribution in [2.45, 2.75) is 42.3 Å². The number of rotatable bonds is 11. The molecule has 1 aliphatic rings. The van der Waals surface area contributed by atoms with Gasteiger partial charge in [-0.05, 0) is 95.7 Å². The van der Waals surface area contributed by atoms with Gasteiger partial charge in [0.1, 0.15) is 17.3 Å². The summed E-state index contributed by atoms with van der Waals surface area (Å²) in [5, 5.41) is 21.8. The zero-order valence-electron chi connectivity index (χ0n) is 38.5. The van der Waals surface area contributed by atoms with E-state index in [0.29, 0.717) is 32.7 Å². The van der Waals surface area contributed by atoms with Gasteiger partial charge in [0.15, 0.2) is 28.8 Å². The van der Waals surface area contributed by atoms with Crippen molar-refractivity contribution in [3.63, 3.8) is 0 Å². The van der Waals surface area contributed by atoms with Gasteiger partial charge in [-0.3, -0.25) is 14.5 Å². The van der Waals surface area contributed by atoms with Crippen LogP contribution in [0.15, 0.2) is 144 Å². The average molecular weight is 1110 g/mol. The van der Waals surface area contributed by atoms with Crippen molar-refractivity contribution in [2.24, 2.45) is 0 Å². The second kappa shape index (κ2) is 26.5. The molecule has 2 aromatic carbocycles. The summed E-state index contributed by atoms with van der Waals surface area (Å²) >= 11 is 4.37. The van der Waals surface area contributed by atoms with Crippen LogP contribution in [0.25, 0.3) is 0 Å². The van der Waals surface area contributed by atoms with Crippen LogP contribution in [0.1, 0.15) is 27.5 Å². The Labute approximate surface area is 426 Å². The predicted octanol–water partition coefficient (Wildman–Crippen LogP) is 4.95. The maximum atomic E-state index is 14.2. The third-order valence-corrected chi connectivity index (χ3v) is 15.5. The SMILES string of the molecule is C1CCOC1.COc1ccc(S(=O)(=O)n2cc(F)c(=N)n(Cc3cccs3)c2=O)cc1.COc1ccc(S(=O)(=O)n2cc(F)c(N)nc2=O)cc1.Nc1c(F)cnc(=O)n1Cc1cccs1.OCc1cccs1. The molecular weight excluding hydrogens is 1060 g/mol. The van der Waals surface area contributed by atoms with E-state index in [2.05, 4.69) is 9.97 Å². The van der Waals surface area contributed by atoms with E-state index in [1.165, 1.54) is 98.3 Å². The van der Waals surface area contributed by atoms with E-state index < -0.39 is 65.9 Å². The first-order chi connectivity index (χ1) is 34.8. The fourth-order valence-corrected chi connectivity index (χ4v) is 10.2. The van der Waals surface area contributed by atoms with Crippen LogP contribution in [0.4, 0.5) is 24.8 Å². The number of nitrogens with zero attached hydrogens (tertiary/aromatic N) is 6. The highest BCUT2D eigenvalue weighted by Crippen LogP contribution is 2.20. The van der Waals surface area contributed by atoms with Crippen molar-refractivity contribution in [1.29, 1.82) is 5.41 Å². The monoisotopic (exact) mass is 1110 g/mol. The molecule has 0 amide bonds. The molecule has 0 saturated carbocycles. The van der Waals surface area contributed by atoms with Gasteiger partial charge in [0, 0.05) is 27.8 Å². The number of methoxy groups -OCH3 is 2. The Balaban J connectivity index is 0.000000186. The van der Waals surface area contributed by atoms with E-state index >= 15 is 0 Å². The van der Waals surface area contributed by atoms with Gasteiger partial charge < -0.3 is 30.8 Å². The predicted molar refractivity (Wildman–Crippen MR) is 269 cm³/mol. The van der Waals surface area contributed by atoms with Crippen molar-refractivity contribution in [3.8, 4) is 11.5 Å². The van der Waals surface area contributed by atoms with Crippen molar-refractivity contribution < 1.29 is 49.3 Å². The molecule has 0 unspecified atom stereocenters. The van der Waals surface area contributed by atoms with Gasteiger partial charge in [-0.2, -0.15) is 17.9 Å². The van der Waals surface area contributed by atoms with Crippen LogP contribution in [0, 0.1) is 22.9 Å². The van der Waals surface area contributed by atoms with Crippen molar-refractivity contribution >= 4 is 65.7 Å². The summed E-state index contributed by atoms with van der Waals surface area (Å²) in [6, 6.07) is 21.6. The molecule has 9 rings (SSSR count). The zero-order valence-corrected chi connectivity index (χ0v) is 42.6. The fourth-order valence-electron chi connectivity index (χ4n) is 5.87. The summed E-state index contributed by atoms with van der Waals surface area (Å²) in [5.41, 5.74) is 7.14. The Morgan fingerprint density at radius 1 is 0.671 bits per heavy atom. The summed E-state index contributed by atoms with van der Waals surface area (Å²) < 4.78 is 108. The summed E-state index contributed by atoms with van der Waals surface area (Å²) in [4.78, 5) is 44.3. The van der Waals surface area contributed by atoms with E-state index in [1.807, 2.05) is 35.0 Å². The fraction of sp³-hybridized carbons (Fsp3) is 0.200. The molecule has 0 radical (unpaired) electrons. The topological polar surface area (TPSA) is 289 Å². The van der Waals surface area contributed by atoms with Gasteiger partial charge in [-0.15, -0.1) is 34.0 Å². The van der Waals surface area contributed by atoms with Crippen LogP contribution < -0.4 is 43.5 Å². The number of aliphatic hydroxyl groups excluding tert-OH is 1. The zero-order chi connectivity index (χ0) is 53.3. The third-order valence-electron chi connectivity index (χ3n) is 9.66. The molecule has 0 spiro atoms. The first-order valence-corrected chi connectivity index (χ1v) is 26.5. The van der Waals surface area contributed by atoms with Crippen LogP contribution in [0.3, 0.4) is 0 Å². The first kappa shape index (κ1) is 56.7. The number of benzene rings is 2. The highest BCUT2D eigenvalue weighted by atomic mass is 32.2. The second-order valence-corrected chi connectivity index (χ2v) is 21.2. The quantitative estimate of drug-likeness (QED) is 0.133. The molecule has 20 nitrogen and oxygen atoms in total. The van der Waals surface area contributed by atoms with Crippen molar-refractivity contribution in [1.82, 2.24) is 27.0 Å². The number of aliphatic hydroxyl groups is 1. The Hall–Kier alpha value is -7.21. The van der Waals surface area contributed by atoms with Crippen LogP contribution in [-0.4, -0.2) is 76.4 Å². The molecule has 73 heavy (non-hydrogen) atoms. The summed E-state index contributed by atoms with van der Waals surface area (Å²) in [6.45, 7) is 2.34. The minimum atomic E-state index is -4.33. The van der Waals surface area contributed by atoms with Crippen LogP contribution in [-0.2, 0) is 44.5 Å². The summed E-state index contributed by atoms with van der Waals surface area (Å²) in [6.07, 6.45) is 4.40. The van der Waals surface area contributed by atoms with Crippen LogP contribution >= 0.6 is 34.0 Å². The number of aromatic nitrogens is 6. The maximum Gasteiger partial charge on any atom is 0.363 e. The maximum absolute atomic E-state index is 14.2. The molecule has 0 bridgehead atoms. The number of nitrogen functional groups attached to an aromatic ring is 2. The molecule has 0 aliphatic carbocycles. The summed E-state index contributed by atoms with van der Waals surface area (Å²) in [7, 11) is -5.71. The summed E-state index contributed by atoms with van der Waals surface area (Å²) in [5.74, 6) is -2.83. The van der Waals surface area contributed by atoms with Crippen molar-refractivity contribution in [3.05, 3.63) is 189 Å². The molecule has 7 heterocycles. The molecule has 1 saturated heterocycles. The number of ether oxygens (including phenoxy) is 3. The second-order valence-electron chi connectivity index (χ2n) is 14.5. The lowest BCUT2D eigenvalue weighted by atomic mass is 10.3. The molecule has 8 aromatic rings. The molecule has 1 fully saturated rings. The third kappa shape index (κ3) is 15.2. The highest BCUT2D eigenvalue weighted by Gasteiger charge is 2.23. The molecular formula is C45H46F3N9O11S5. The molecule has 0 atom stereocenters. The highest BCUT2D eigenvalue weighted by molar-refractivity contribution is 7.90. The number of hydrogen-bond donors (Lipinski definition) is 4. The molecule has 28 heteroatoms. The van der Waals surface area contributed by atoms with Crippen LogP contribution in [0.5, 0.6) is 11.5 Å². The minimum absolute atomic E-state index is 0.0920. The Bertz CT molecular complexity index is 3510. The minimum Gasteiger partial charge on any atom is -0.497 e. The van der Waals surface area contributed by atoms with E-state index in [-0.39, 0.29) is 39.3 Å². The lowest BCUT2D eigenvalue weighted by Gasteiger charge is -2.12. The lowest BCUT2D eigenvalue weighted by molar-refractivity contribution is 0.198. The van der Waals surface area contributed by atoms with Gasteiger partial charge in [-0.25, -0.2) is 44.4 Å². The van der Waals surface area contributed by atoms with Gasteiger partial charge in [0.25, 0.3) is 20.0 Å². The smallest absolute Gasteiger partial charge is 0.363 e. The van der Waals surface area contributed by atoms with E-state index in [4.69, 9.17) is 36.2 Å². The number of nitrogens with two attached hydrogens (primary N) is 2. The normalized spacial score (nSPS) is 11.9. The average Bonchev–Trinajstić information content (AvgIpc) is 4.27. The Morgan fingerprint density at radius 2 is 1.14 bits per heavy atom. The lowest BCUT2D eigenvalue weighted by Crippen LogP contribution is -2.43. The van der Waals surface area contributed by atoms with E-state index in [9.17, 15) is 44.4 Å². The van der Waals surface area contributed by atoms with Crippen LogP contribution in [0.2, 0.25) is 0 Å². The van der Waals surface area contributed by atoms with Gasteiger partial charge in [0.2, 0.25) is 0 Å². The molecule has 6 N–H and O–H groups in total.